The van der Waals surface area contributed by atoms with Crippen LogP contribution in [0.2, 0.25) is 0 Å². The predicted molar refractivity (Wildman–Crippen MR) is 67.1 cm³/mol. The van der Waals surface area contributed by atoms with E-state index in [0.717, 1.165) is 0 Å². The molecule has 7 nitrogen and oxygen atoms in total. The Morgan fingerprint density at radius 3 is 2.72 bits per heavy atom. The molecular formula is C11H16N4O3. The van der Waals surface area contributed by atoms with E-state index in [2.05, 4.69) is 10.6 Å². The molecule has 18 heavy (non-hydrogen) atoms. The number of rotatable bonds is 6. The van der Waals surface area contributed by atoms with Gasteiger partial charge in [0.1, 0.15) is 0 Å². The summed E-state index contributed by atoms with van der Waals surface area (Å²) in [5, 5.41) is 16.4. The molecule has 1 aromatic rings. The molecule has 0 radical (unpaired) electrons. The Bertz CT molecular complexity index is 436. The van der Waals surface area contributed by atoms with Crippen LogP contribution in [-0.4, -0.2) is 24.0 Å². The number of hydrogen-bond acceptors (Lipinski definition) is 4. The minimum Gasteiger partial charge on any atom is -0.352 e. The predicted octanol–water partition coefficient (Wildman–Crippen LogP) is 0.914. The highest BCUT2D eigenvalue weighted by Gasteiger charge is 2.17. The summed E-state index contributed by atoms with van der Waals surface area (Å²) in [6, 6.07) is 5.79. The van der Waals surface area contributed by atoms with Crippen molar-refractivity contribution in [1.82, 2.24) is 10.6 Å². The van der Waals surface area contributed by atoms with E-state index < -0.39 is 11.0 Å². The summed E-state index contributed by atoms with van der Waals surface area (Å²) in [6.07, 6.45) is 0. The van der Waals surface area contributed by atoms with Crippen molar-refractivity contribution in [3.8, 4) is 0 Å². The number of para-hydroxylation sites is 1. The topological polar surface area (TPSA) is 110 Å². The van der Waals surface area contributed by atoms with Crippen molar-refractivity contribution in [2.24, 2.45) is 5.73 Å². The Morgan fingerprint density at radius 2 is 2.11 bits per heavy atom. The van der Waals surface area contributed by atoms with Crippen molar-refractivity contribution in [2.75, 3.05) is 13.1 Å². The van der Waals surface area contributed by atoms with Gasteiger partial charge in [-0.05, 0) is 6.92 Å². The molecule has 98 valence electrons. The molecule has 0 aliphatic heterocycles. The third-order valence-corrected chi connectivity index (χ3v) is 2.47. The van der Waals surface area contributed by atoms with Crippen molar-refractivity contribution >= 4 is 11.7 Å². The molecule has 0 aliphatic rings. The summed E-state index contributed by atoms with van der Waals surface area (Å²) in [4.78, 5) is 20.9. The smallest absolute Gasteiger partial charge is 0.312 e. The van der Waals surface area contributed by atoms with E-state index in [1.165, 1.54) is 6.07 Å². The zero-order valence-electron chi connectivity index (χ0n) is 10.1. The molecule has 1 aromatic carbocycles. The molecule has 0 spiro atoms. The van der Waals surface area contributed by atoms with Crippen molar-refractivity contribution in [3.63, 3.8) is 0 Å². The molecule has 0 bridgehead atoms. The molecule has 0 saturated heterocycles. The number of primary amides is 1. The molecule has 0 heterocycles. The number of nitrogens with zero attached hydrogens (tertiary/aromatic N) is 1. The Morgan fingerprint density at radius 1 is 1.44 bits per heavy atom. The van der Waals surface area contributed by atoms with E-state index in [1.54, 1.807) is 18.2 Å². The third-order valence-electron chi connectivity index (χ3n) is 2.47. The Labute approximate surface area is 105 Å². The molecule has 7 heteroatoms. The Kier molecular flexibility index (Phi) is 5.06. The lowest BCUT2D eigenvalue weighted by molar-refractivity contribution is -0.385. The quantitative estimate of drug-likeness (QED) is 0.397. The highest BCUT2D eigenvalue weighted by Crippen LogP contribution is 2.23. The Balaban J connectivity index is 2.58. The van der Waals surface area contributed by atoms with Crippen LogP contribution in [0.3, 0.4) is 0 Å². The van der Waals surface area contributed by atoms with Gasteiger partial charge < -0.3 is 16.4 Å². The minimum absolute atomic E-state index is 0.0837. The SMILES string of the molecule is CC(NCCNC(N)=O)c1ccccc1[N+](=O)[O-]. The van der Waals surface area contributed by atoms with E-state index in [0.29, 0.717) is 18.7 Å². The van der Waals surface area contributed by atoms with Gasteiger partial charge in [0, 0.05) is 30.8 Å². The second-order valence-corrected chi connectivity index (χ2v) is 3.78. The normalized spacial score (nSPS) is 11.8. The maximum absolute atomic E-state index is 10.8. The van der Waals surface area contributed by atoms with E-state index in [-0.39, 0.29) is 11.7 Å². The molecule has 1 rings (SSSR count). The van der Waals surface area contributed by atoms with Crippen LogP contribution in [0.4, 0.5) is 10.5 Å². The molecule has 0 aromatic heterocycles. The first-order valence-corrected chi connectivity index (χ1v) is 5.52. The maximum Gasteiger partial charge on any atom is 0.312 e. The van der Waals surface area contributed by atoms with Crippen LogP contribution in [0.15, 0.2) is 24.3 Å². The van der Waals surface area contributed by atoms with Crippen molar-refractivity contribution < 1.29 is 9.72 Å². The zero-order chi connectivity index (χ0) is 13.5. The molecule has 0 saturated carbocycles. The maximum atomic E-state index is 10.8. The van der Waals surface area contributed by atoms with Crippen molar-refractivity contribution in [2.45, 2.75) is 13.0 Å². The van der Waals surface area contributed by atoms with E-state index in [9.17, 15) is 14.9 Å². The molecular weight excluding hydrogens is 236 g/mol. The third kappa shape index (κ3) is 4.02. The summed E-state index contributed by atoms with van der Waals surface area (Å²) in [5.41, 5.74) is 5.61. The first-order valence-electron chi connectivity index (χ1n) is 5.52. The highest BCUT2D eigenvalue weighted by atomic mass is 16.6. The summed E-state index contributed by atoms with van der Waals surface area (Å²) < 4.78 is 0. The average molecular weight is 252 g/mol. The molecule has 2 amide bonds. The molecule has 1 atom stereocenters. The van der Waals surface area contributed by atoms with Gasteiger partial charge in [0.25, 0.3) is 5.69 Å². The molecule has 4 N–H and O–H groups in total. The van der Waals surface area contributed by atoms with Gasteiger partial charge in [-0.15, -0.1) is 0 Å². The summed E-state index contributed by atoms with van der Waals surface area (Å²) >= 11 is 0. The number of urea groups is 1. The van der Waals surface area contributed by atoms with Gasteiger partial charge in [0.05, 0.1) is 4.92 Å². The fourth-order valence-electron chi connectivity index (χ4n) is 1.60. The summed E-state index contributed by atoms with van der Waals surface area (Å²) in [5.74, 6) is 0. The number of nitrogens with one attached hydrogen (secondary N) is 2. The number of nitrogens with two attached hydrogens (primary N) is 1. The molecule has 1 unspecified atom stereocenters. The number of carbonyl (C=O) groups is 1. The molecule has 0 fully saturated rings. The lowest BCUT2D eigenvalue weighted by Gasteiger charge is -2.14. The largest absolute Gasteiger partial charge is 0.352 e. The lowest BCUT2D eigenvalue weighted by atomic mass is 10.1. The van der Waals surface area contributed by atoms with Gasteiger partial charge in [-0.2, -0.15) is 0 Å². The number of benzene rings is 1. The number of nitro groups is 1. The lowest BCUT2D eigenvalue weighted by Crippen LogP contribution is -2.36. The second-order valence-electron chi connectivity index (χ2n) is 3.78. The van der Waals surface area contributed by atoms with Crippen LogP contribution < -0.4 is 16.4 Å². The van der Waals surface area contributed by atoms with Gasteiger partial charge in [0.2, 0.25) is 0 Å². The van der Waals surface area contributed by atoms with Crippen LogP contribution in [0.25, 0.3) is 0 Å². The number of nitro benzene ring substituents is 1. The summed E-state index contributed by atoms with van der Waals surface area (Å²) in [6.45, 7) is 2.68. The minimum atomic E-state index is -0.588. The fourth-order valence-corrected chi connectivity index (χ4v) is 1.60. The first kappa shape index (κ1) is 13.9. The highest BCUT2D eigenvalue weighted by molar-refractivity contribution is 5.71. The van der Waals surface area contributed by atoms with Gasteiger partial charge >= 0.3 is 6.03 Å². The Hall–Kier alpha value is -2.15. The van der Waals surface area contributed by atoms with Gasteiger partial charge in [-0.25, -0.2) is 4.79 Å². The average Bonchev–Trinajstić information content (AvgIpc) is 2.34. The van der Waals surface area contributed by atoms with Crippen molar-refractivity contribution in [1.29, 1.82) is 0 Å². The van der Waals surface area contributed by atoms with Crippen LogP contribution in [-0.2, 0) is 0 Å². The number of hydrogen-bond donors (Lipinski definition) is 3. The van der Waals surface area contributed by atoms with E-state index >= 15 is 0 Å². The number of amides is 2. The van der Waals surface area contributed by atoms with Gasteiger partial charge in [-0.3, -0.25) is 10.1 Å². The number of carbonyl (C=O) groups excluding carboxylic acids is 1. The summed E-state index contributed by atoms with van der Waals surface area (Å²) in [7, 11) is 0. The van der Waals surface area contributed by atoms with Crippen LogP contribution >= 0.6 is 0 Å². The second kappa shape index (κ2) is 6.55. The van der Waals surface area contributed by atoms with Gasteiger partial charge in [-0.1, -0.05) is 18.2 Å². The zero-order valence-corrected chi connectivity index (χ0v) is 10.1. The van der Waals surface area contributed by atoms with E-state index in [1.807, 2.05) is 6.92 Å². The molecule has 0 aliphatic carbocycles. The van der Waals surface area contributed by atoms with Crippen LogP contribution in [0.1, 0.15) is 18.5 Å². The fraction of sp³-hybridized carbons (Fsp3) is 0.364. The van der Waals surface area contributed by atoms with E-state index in [4.69, 9.17) is 5.73 Å². The van der Waals surface area contributed by atoms with Crippen LogP contribution in [0.5, 0.6) is 0 Å². The van der Waals surface area contributed by atoms with Gasteiger partial charge in [0.15, 0.2) is 0 Å². The first-order chi connectivity index (χ1) is 8.52. The standard InChI is InChI=1S/C11H16N4O3/c1-8(13-6-7-14-11(12)16)9-4-2-3-5-10(9)15(17)18/h2-5,8,13H,6-7H2,1H3,(H3,12,14,16). The van der Waals surface area contributed by atoms with Crippen molar-refractivity contribution in [3.05, 3.63) is 39.9 Å². The van der Waals surface area contributed by atoms with Crippen LogP contribution in [0, 0.1) is 10.1 Å². The monoisotopic (exact) mass is 252 g/mol.